The Bertz CT molecular complexity index is 658. The molecule has 1 aliphatic heterocycles. The second kappa shape index (κ2) is 7.33. The van der Waals surface area contributed by atoms with Gasteiger partial charge in [0.15, 0.2) is 0 Å². The number of piperidine rings is 1. The van der Waals surface area contributed by atoms with Crippen molar-refractivity contribution < 1.29 is 24.2 Å². The molecule has 0 spiro atoms. The van der Waals surface area contributed by atoms with Gasteiger partial charge in [0.25, 0.3) is 5.91 Å². The number of nitrogens with zero attached hydrogens (tertiary/aromatic N) is 1. The number of methoxy groups -OCH3 is 1. The highest BCUT2D eigenvalue weighted by Crippen LogP contribution is 2.26. The van der Waals surface area contributed by atoms with E-state index in [1.807, 2.05) is 6.92 Å². The van der Waals surface area contributed by atoms with Crippen LogP contribution in [-0.2, 0) is 9.59 Å². The fourth-order valence-electron chi connectivity index (χ4n) is 2.99. The number of nitrogens with one attached hydrogen (secondary N) is 1. The highest BCUT2D eigenvalue weighted by atomic mass is 16.5. The Morgan fingerprint density at radius 1 is 1.29 bits per heavy atom. The van der Waals surface area contributed by atoms with Crippen LogP contribution in [0.15, 0.2) is 18.2 Å². The van der Waals surface area contributed by atoms with Gasteiger partial charge in [-0.2, -0.15) is 0 Å². The van der Waals surface area contributed by atoms with E-state index in [0.717, 1.165) is 5.56 Å². The monoisotopic (exact) mass is 334 g/mol. The minimum Gasteiger partial charge on any atom is -0.496 e. The number of aryl methyl sites for hydroxylation is 1. The van der Waals surface area contributed by atoms with E-state index in [9.17, 15) is 19.5 Å². The second-order valence-electron chi connectivity index (χ2n) is 5.88. The fraction of sp³-hybridized carbons (Fsp3) is 0.471. The number of carboxylic acids is 1. The number of carbonyl (C=O) groups is 3. The number of benzene rings is 1. The molecule has 2 atom stereocenters. The summed E-state index contributed by atoms with van der Waals surface area (Å²) in [7, 11) is 3.04. The third kappa shape index (κ3) is 3.50. The molecular weight excluding hydrogens is 312 g/mol. The normalized spacial score (nSPS) is 20.4. The van der Waals surface area contributed by atoms with Gasteiger partial charge in [0.05, 0.1) is 13.0 Å². The Hall–Kier alpha value is -2.57. The lowest BCUT2D eigenvalue weighted by Crippen LogP contribution is -2.53. The highest BCUT2D eigenvalue weighted by Gasteiger charge is 2.38. The molecule has 0 radical (unpaired) electrons. The summed E-state index contributed by atoms with van der Waals surface area (Å²) in [6.45, 7) is 1.95. The van der Waals surface area contributed by atoms with Crippen LogP contribution >= 0.6 is 0 Å². The average molecular weight is 334 g/mol. The zero-order valence-corrected chi connectivity index (χ0v) is 14.0. The number of hydrogen-bond donors (Lipinski definition) is 2. The Morgan fingerprint density at radius 3 is 2.58 bits per heavy atom. The Labute approximate surface area is 140 Å². The van der Waals surface area contributed by atoms with Crippen LogP contribution in [0.5, 0.6) is 5.75 Å². The van der Waals surface area contributed by atoms with Gasteiger partial charge in [-0.3, -0.25) is 9.59 Å². The van der Waals surface area contributed by atoms with Crippen LogP contribution in [-0.4, -0.2) is 54.5 Å². The number of likely N-dealkylation sites (tertiary alicyclic amines) is 1. The molecule has 2 N–H and O–H groups in total. The number of rotatable bonds is 4. The maximum atomic E-state index is 12.8. The molecule has 7 heteroatoms. The van der Waals surface area contributed by atoms with Crippen molar-refractivity contribution in [3.63, 3.8) is 0 Å². The molecule has 0 aromatic heterocycles. The maximum Gasteiger partial charge on any atom is 0.326 e. The zero-order valence-electron chi connectivity index (χ0n) is 14.0. The van der Waals surface area contributed by atoms with Crippen LogP contribution in [0, 0.1) is 12.8 Å². The van der Waals surface area contributed by atoms with Crippen molar-refractivity contribution in [1.29, 1.82) is 0 Å². The zero-order chi connectivity index (χ0) is 17.9. The van der Waals surface area contributed by atoms with Gasteiger partial charge in [0.1, 0.15) is 11.8 Å². The molecular formula is C17H22N2O5. The topological polar surface area (TPSA) is 95.9 Å². The molecule has 0 unspecified atom stereocenters. The summed E-state index contributed by atoms with van der Waals surface area (Å²) in [6, 6.07) is 4.07. The standard InChI is InChI=1S/C17H22N2O5/c1-10-4-5-11(8-14(10)24-3)16(21)19-9-12(15(20)18-2)6-7-13(19)17(22)23/h4-5,8,12-13H,6-7,9H2,1-3H3,(H,18,20)(H,22,23)/t12-,13-/m0/s1. The van der Waals surface area contributed by atoms with Gasteiger partial charge >= 0.3 is 5.97 Å². The molecule has 7 nitrogen and oxygen atoms in total. The lowest BCUT2D eigenvalue weighted by Gasteiger charge is -2.36. The highest BCUT2D eigenvalue weighted by molar-refractivity contribution is 5.97. The number of hydrogen-bond acceptors (Lipinski definition) is 4. The third-order valence-corrected chi connectivity index (χ3v) is 4.40. The number of amides is 2. The number of carboxylic acid groups (broad SMARTS) is 1. The van der Waals surface area contributed by atoms with Crippen molar-refractivity contribution in [3.05, 3.63) is 29.3 Å². The van der Waals surface area contributed by atoms with E-state index in [4.69, 9.17) is 4.74 Å². The molecule has 0 saturated carbocycles. The van der Waals surface area contributed by atoms with Gasteiger partial charge in [0, 0.05) is 19.2 Å². The van der Waals surface area contributed by atoms with E-state index in [1.165, 1.54) is 19.1 Å². The molecule has 2 amide bonds. The minimum atomic E-state index is -1.06. The van der Waals surface area contributed by atoms with Crippen molar-refractivity contribution in [2.45, 2.75) is 25.8 Å². The Balaban J connectivity index is 2.31. The van der Waals surface area contributed by atoms with Crippen LogP contribution in [0.3, 0.4) is 0 Å². The van der Waals surface area contributed by atoms with E-state index in [2.05, 4.69) is 5.32 Å². The number of carbonyl (C=O) groups excluding carboxylic acids is 2. The second-order valence-corrected chi connectivity index (χ2v) is 5.88. The van der Waals surface area contributed by atoms with E-state index in [-0.39, 0.29) is 18.9 Å². The number of aliphatic carboxylic acids is 1. The summed E-state index contributed by atoms with van der Waals surface area (Å²) in [5, 5.41) is 12.0. The van der Waals surface area contributed by atoms with Crippen molar-refractivity contribution in [2.75, 3.05) is 20.7 Å². The van der Waals surface area contributed by atoms with Crippen LogP contribution in [0.4, 0.5) is 0 Å². The summed E-state index contributed by atoms with van der Waals surface area (Å²) in [5.41, 5.74) is 1.23. The van der Waals surface area contributed by atoms with Gasteiger partial charge in [-0.1, -0.05) is 6.07 Å². The summed E-state index contributed by atoms with van der Waals surface area (Å²) in [4.78, 5) is 37.5. The van der Waals surface area contributed by atoms with Gasteiger partial charge in [-0.25, -0.2) is 4.79 Å². The molecule has 2 rings (SSSR count). The number of ether oxygens (including phenoxy) is 1. The van der Waals surface area contributed by atoms with Crippen molar-refractivity contribution >= 4 is 17.8 Å². The van der Waals surface area contributed by atoms with E-state index >= 15 is 0 Å². The average Bonchev–Trinajstić information content (AvgIpc) is 2.60. The minimum absolute atomic E-state index is 0.0890. The van der Waals surface area contributed by atoms with Gasteiger partial charge in [-0.05, 0) is 37.5 Å². The first-order valence-electron chi connectivity index (χ1n) is 7.79. The molecule has 1 aliphatic rings. The molecule has 1 heterocycles. The predicted molar refractivity (Wildman–Crippen MR) is 87.0 cm³/mol. The summed E-state index contributed by atoms with van der Waals surface area (Å²) < 4.78 is 5.22. The first-order valence-corrected chi connectivity index (χ1v) is 7.79. The smallest absolute Gasteiger partial charge is 0.326 e. The van der Waals surface area contributed by atoms with E-state index < -0.39 is 23.8 Å². The van der Waals surface area contributed by atoms with Crippen LogP contribution in [0.25, 0.3) is 0 Å². The van der Waals surface area contributed by atoms with E-state index in [1.54, 1.807) is 18.2 Å². The molecule has 1 fully saturated rings. The molecule has 1 saturated heterocycles. The summed E-state index contributed by atoms with van der Waals surface area (Å²) in [6.07, 6.45) is 0.694. The molecule has 130 valence electrons. The van der Waals surface area contributed by atoms with Gasteiger partial charge in [0.2, 0.25) is 5.91 Å². The largest absolute Gasteiger partial charge is 0.496 e. The van der Waals surface area contributed by atoms with Gasteiger partial charge in [-0.15, -0.1) is 0 Å². The molecule has 1 aromatic rings. The fourth-order valence-corrected chi connectivity index (χ4v) is 2.99. The molecule has 0 bridgehead atoms. The first kappa shape index (κ1) is 17.8. The van der Waals surface area contributed by atoms with Crippen molar-refractivity contribution in [3.8, 4) is 5.75 Å². The van der Waals surface area contributed by atoms with E-state index in [0.29, 0.717) is 17.7 Å². The summed E-state index contributed by atoms with van der Waals surface area (Å²) >= 11 is 0. The van der Waals surface area contributed by atoms with Crippen molar-refractivity contribution in [1.82, 2.24) is 10.2 Å². The third-order valence-electron chi connectivity index (χ3n) is 4.40. The van der Waals surface area contributed by atoms with Crippen LogP contribution < -0.4 is 10.1 Å². The van der Waals surface area contributed by atoms with Crippen molar-refractivity contribution in [2.24, 2.45) is 5.92 Å². The van der Waals surface area contributed by atoms with Crippen LogP contribution in [0.1, 0.15) is 28.8 Å². The lowest BCUT2D eigenvalue weighted by atomic mass is 9.91. The van der Waals surface area contributed by atoms with Gasteiger partial charge < -0.3 is 20.1 Å². The summed E-state index contributed by atoms with van der Waals surface area (Å²) in [5.74, 6) is -1.49. The SMILES string of the molecule is CNC(=O)[C@H]1CC[C@@H](C(=O)O)N(C(=O)c2ccc(C)c(OC)c2)C1. The molecule has 24 heavy (non-hydrogen) atoms. The first-order chi connectivity index (χ1) is 11.4. The predicted octanol–water partition coefficient (Wildman–Crippen LogP) is 1.06. The molecule has 0 aliphatic carbocycles. The quantitative estimate of drug-likeness (QED) is 0.858. The lowest BCUT2D eigenvalue weighted by molar-refractivity contribution is -0.145. The van der Waals surface area contributed by atoms with Crippen LogP contribution in [0.2, 0.25) is 0 Å². The Kier molecular flexibility index (Phi) is 5.43. The Morgan fingerprint density at radius 2 is 2.00 bits per heavy atom. The molecule has 1 aromatic carbocycles. The maximum absolute atomic E-state index is 12.8.